The molecule has 0 N–H and O–H groups in total. The standard InChI is InChI=1S/C15H15F3N4O2S/c16-15(17,18)11-8-25-13(19-11)9-1-3-21(4-2-9)14(23)10-7-12-22(20-10)5-6-24-12/h7-9H,1-6H2. The van der Waals surface area contributed by atoms with Crippen LogP contribution < -0.4 is 4.74 Å². The molecule has 0 unspecified atom stereocenters. The quantitative estimate of drug-likeness (QED) is 0.813. The Balaban J connectivity index is 1.39. The molecule has 25 heavy (non-hydrogen) atoms. The van der Waals surface area contributed by atoms with Crippen molar-refractivity contribution in [2.75, 3.05) is 19.7 Å². The fourth-order valence-electron chi connectivity index (χ4n) is 3.11. The topological polar surface area (TPSA) is 60.3 Å². The van der Waals surface area contributed by atoms with E-state index < -0.39 is 11.9 Å². The molecule has 2 aromatic heterocycles. The summed E-state index contributed by atoms with van der Waals surface area (Å²) in [4.78, 5) is 17.9. The molecule has 2 aromatic rings. The summed E-state index contributed by atoms with van der Waals surface area (Å²) >= 11 is 1.04. The molecule has 1 amide bonds. The van der Waals surface area contributed by atoms with Gasteiger partial charge in [0.1, 0.15) is 6.61 Å². The van der Waals surface area contributed by atoms with E-state index in [0.29, 0.717) is 55.7 Å². The van der Waals surface area contributed by atoms with Crippen LogP contribution in [-0.2, 0) is 12.7 Å². The van der Waals surface area contributed by atoms with Gasteiger partial charge in [-0.2, -0.15) is 18.3 Å². The third kappa shape index (κ3) is 3.10. The van der Waals surface area contributed by atoms with Gasteiger partial charge in [-0.25, -0.2) is 9.67 Å². The first-order valence-electron chi connectivity index (χ1n) is 7.94. The Kier molecular flexibility index (Phi) is 3.94. The zero-order chi connectivity index (χ0) is 17.6. The first kappa shape index (κ1) is 16.4. The van der Waals surface area contributed by atoms with Crippen LogP contribution in [0.1, 0.15) is 39.9 Å². The summed E-state index contributed by atoms with van der Waals surface area (Å²) < 4.78 is 45.0. The molecule has 0 saturated carbocycles. The second kappa shape index (κ2) is 6.01. The minimum atomic E-state index is -4.41. The Labute approximate surface area is 145 Å². The number of alkyl halides is 3. The molecule has 0 radical (unpaired) electrons. The molecular weight excluding hydrogens is 357 g/mol. The van der Waals surface area contributed by atoms with Crippen molar-refractivity contribution in [3.63, 3.8) is 0 Å². The van der Waals surface area contributed by atoms with Crippen LogP contribution in [0.3, 0.4) is 0 Å². The molecule has 0 spiro atoms. The molecule has 1 saturated heterocycles. The van der Waals surface area contributed by atoms with Gasteiger partial charge < -0.3 is 9.64 Å². The number of likely N-dealkylation sites (tertiary alicyclic amines) is 1. The Hall–Kier alpha value is -2.10. The number of ether oxygens (including phenoxy) is 1. The van der Waals surface area contributed by atoms with Gasteiger partial charge in [0.15, 0.2) is 11.4 Å². The highest BCUT2D eigenvalue weighted by Crippen LogP contribution is 2.35. The van der Waals surface area contributed by atoms with Crippen LogP contribution in [0.25, 0.3) is 0 Å². The molecular formula is C15H15F3N4O2S. The SMILES string of the molecule is O=C(c1cc2n(n1)CCO2)N1CCC(c2nc(C(F)(F)F)cs2)CC1. The third-order valence-corrected chi connectivity index (χ3v) is 5.47. The highest BCUT2D eigenvalue weighted by Gasteiger charge is 2.35. The predicted octanol–water partition coefficient (Wildman–Crippen LogP) is 2.77. The van der Waals surface area contributed by atoms with E-state index in [4.69, 9.17) is 4.74 Å². The normalized spacial score (nSPS) is 18.3. The van der Waals surface area contributed by atoms with Gasteiger partial charge in [0, 0.05) is 30.5 Å². The molecule has 0 atom stereocenters. The fraction of sp³-hybridized carbons (Fsp3) is 0.533. The van der Waals surface area contributed by atoms with Gasteiger partial charge in [-0.15, -0.1) is 11.3 Å². The van der Waals surface area contributed by atoms with Crippen molar-refractivity contribution in [2.24, 2.45) is 0 Å². The maximum atomic E-state index is 12.7. The third-order valence-electron chi connectivity index (χ3n) is 4.46. The number of rotatable bonds is 2. The van der Waals surface area contributed by atoms with Crippen LogP contribution in [0.4, 0.5) is 13.2 Å². The lowest BCUT2D eigenvalue weighted by Crippen LogP contribution is -2.38. The number of hydrogen-bond acceptors (Lipinski definition) is 5. The van der Waals surface area contributed by atoms with Crippen LogP contribution in [0, 0.1) is 0 Å². The molecule has 6 nitrogen and oxygen atoms in total. The number of nitrogens with zero attached hydrogens (tertiary/aromatic N) is 4. The molecule has 134 valence electrons. The number of fused-ring (bicyclic) bond motifs is 1. The zero-order valence-corrected chi connectivity index (χ0v) is 13.9. The number of thiazole rings is 1. The van der Waals surface area contributed by atoms with Crippen molar-refractivity contribution in [1.82, 2.24) is 19.7 Å². The minimum absolute atomic E-state index is 0.0412. The lowest BCUT2D eigenvalue weighted by Gasteiger charge is -2.30. The lowest BCUT2D eigenvalue weighted by molar-refractivity contribution is -0.140. The van der Waals surface area contributed by atoms with E-state index in [2.05, 4.69) is 10.1 Å². The molecule has 4 rings (SSSR count). The second-order valence-electron chi connectivity index (χ2n) is 6.07. The highest BCUT2D eigenvalue weighted by atomic mass is 32.1. The highest BCUT2D eigenvalue weighted by molar-refractivity contribution is 7.09. The van der Waals surface area contributed by atoms with Gasteiger partial charge in [0.2, 0.25) is 5.88 Å². The summed E-state index contributed by atoms with van der Waals surface area (Å²) in [7, 11) is 0. The summed E-state index contributed by atoms with van der Waals surface area (Å²) in [5, 5.41) is 5.79. The van der Waals surface area contributed by atoms with Crippen LogP contribution in [0.15, 0.2) is 11.4 Å². The number of halogens is 3. The number of aromatic nitrogens is 3. The van der Waals surface area contributed by atoms with E-state index in [1.165, 1.54) is 0 Å². The summed E-state index contributed by atoms with van der Waals surface area (Å²) in [5.41, 5.74) is -0.486. The van der Waals surface area contributed by atoms with Crippen LogP contribution in [0.5, 0.6) is 5.88 Å². The van der Waals surface area contributed by atoms with Crippen molar-refractivity contribution in [1.29, 1.82) is 0 Å². The van der Waals surface area contributed by atoms with Crippen LogP contribution >= 0.6 is 11.3 Å². The van der Waals surface area contributed by atoms with Crippen LogP contribution in [0.2, 0.25) is 0 Å². The van der Waals surface area contributed by atoms with Crippen molar-refractivity contribution in [3.8, 4) is 5.88 Å². The summed E-state index contributed by atoms with van der Waals surface area (Å²) in [5.74, 6) is 0.389. The molecule has 2 aliphatic heterocycles. The number of carbonyl (C=O) groups is 1. The molecule has 0 bridgehead atoms. The zero-order valence-electron chi connectivity index (χ0n) is 13.1. The van der Waals surface area contributed by atoms with E-state index in [0.717, 1.165) is 16.7 Å². The Morgan fingerprint density at radius 1 is 1.28 bits per heavy atom. The smallest absolute Gasteiger partial charge is 0.434 e. The second-order valence-corrected chi connectivity index (χ2v) is 6.96. The number of amides is 1. The van der Waals surface area contributed by atoms with Crippen molar-refractivity contribution in [2.45, 2.75) is 31.5 Å². The van der Waals surface area contributed by atoms with Crippen molar-refractivity contribution >= 4 is 17.2 Å². The Morgan fingerprint density at radius 3 is 2.68 bits per heavy atom. The van der Waals surface area contributed by atoms with Crippen molar-refractivity contribution < 1.29 is 22.7 Å². The van der Waals surface area contributed by atoms with Gasteiger partial charge >= 0.3 is 6.18 Å². The van der Waals surface area contributed by atoms with Gasteiger partial charge in [-0.1, -0.05) is 0 Å². The molecule has 0 aliphatic carbocycles. The van der Waals surface area contributed by atoms with E-state index in [-0.39, 0.29) is 11.8 Å². The summed E-state index contributed by atoms with van der Waals surface area (Å²) in [6.45, 7) is 2.16. The number of carbonyl (C=O) groups excluding carboxylic acids is 1. The van der Waals surface area contributed by atoms with Crippen LogP contribution in [-0.4, -0.2) is 45.3 Å². The predicted molar refractivity (Wildman–Crippen MR) is 82.7 cm³/mol. The van der Waals surface area contributed by atoms with E-state index in [1.54, 1.807) is 15.6 Å². The average Bonchev–Trinajstić information content (AvgIpc) is 3.29. The summed E-state index contributed by atoms with van der Waals surface area (Å²) in [6, 6.07) is 1.64. The van der Waals surface area contributed by atoms with Gasteiger partial charge in [-0.3, -0.25) is 4.79 Å². The molecule has 4 heterocycles. The molecule has 0 aromatic carbocycles. The average molecular weight is 372 g/mol. The Morgan fingerprint density at radius 2 is 2.04 bits per heavy atom. The van der Waals surface area contributed by atoms with E-state index >= 15 is 0 Å². The first-order chi connectivity index (χ1) is 11.9. The van der Waals surface area contributed by atoms with Crippen molar-refractivity contribution in [3.05, 3.63) is 27.8 Å². The number of hydrogen-bond donors (Lipinski definition) is 0. The van der Waals surface area contributed by atoms with Gasteiger partial charge in [-0.05, 0) is 12.8 Å². The molecule has 2 aliphatic rings. The maximum absolute atomic E-state index is 12.7. The Bertz CT molecular complexity index is 772. The minimum Gasteiger partial charge on any atom is -0.476 e. The monoisotopic (exact) mass is 372 g/mol. The largest absolute Gasteiger partial charge is 0.476 e. The fourth-order valence-corrected chi connectivity index (χ4v) is 4.11. The molecule has 10 heteroatoms. The molecule has 1 fully saturated rings. The van der Waals surface area contributed by atoms with E-state index in [9.17, 15) is 18.0 Å². The van der Waals surface area contributed by atoms with Gasteiger partial charge in [0.05, 0.1) is 11.6 Å². The van der Waals surface area contributed by atoms with E-state index in [1.807, 2.05) is 0 Å². The number of piperidine rings is 1. The first-order valence-corrected chi connectivity index (χ1v) is 8.82. The lowest BCUT2D eigenvalue weighted by atomic mass is 9.97. The van der Waals surface area contributed by atoms with Gasteiger partial charge in [0.25, 0.3) is 5.91 Å². The summed E-state index contributed by atoms with van der Waals surface area (Å²) in [6.07, 6.45) is -3.21. The maximum Gasteiger partial charge on any atom is 0.434 e.